The SMILES string of the molecule is CNCc1noc(-c2ccc(OC)cc2)n1. The molecule has 1 N–H and O–H groups in total. The van der Waals surface area contributed by atoms with E-state index in [4.69, 9.17) is 9.26 Å². The Hall–Kier alpha value is -1.88. The van der Waals surface area contributed by atoms with E-state index in [0.29, 0.717) is 18.3 Å². The summed E-state index contributed by atoms with van der Waals surface area (Å²) in [7, 11) is 3.47. The predicted molar refractivity (Wildman–Crippen MR) is 59.0 cm³/mol. The molecule has 84 valence electrons. The number of rotatable bonds is 4. The molecule has 0 aliphatic rings. The van der Waals surface area contributed by atoms with Crippen LogP contribution in [0.2, 0.25) is 0 Å². The molecule has 0 bridgehead atoms. The Morgan fingerprint density at radius 1 is 1.31 bits per heavy atom. The molecule has 0 radical (unpaired) electrons. The summed E-state index contributed by atoms with van der Waals surface area (Å²) in [5.74, 6) is 1.97. The topological polar surface area (TPSA) is 60.2 Å². The van der Waals surface area contributed by atoms with Crippen LogP contribution in [0.15, 0.2) is 28.8 Å². The van der Waals surface area contributed by atoms with Gasteiger partial charge < -0.3 is 14.6 Å². The molecular weight excluding hydrogens is 206 g/mol. The number of aromatic nitrogens is 2. The van der Waals surface area contributed by atoms with E-state index in [0.717, 1.165) is 11.3 Å². The van der Waals surface area contributed by atoms with Gasteiger partial charge in [0.1, 0.15) is 5.75 Å². The Balaban J connectivity index is 2.21. The minimum Gasteiger partial charge on any atom is -0.497 e. The third-order valence-corrected chi connectivity index (χ3v) is 2.14. The lowest BCUT2D eigenvalue weighted by molar-refractivity contribution is 0.413. The van der Waals surface area contributed by atoms with Crippen LogP contribution in [0.5, 0.6) is 5.75 Å². The number of ether oxygens (including phenoxy) is 1. The molecule has 16 heavy (non-hydrogen) atoms. The quantitative estimate of drug-likeness (QED) is 0.843. The molecule has 0 aliphatic carbocycles. The molecule has 5 heteroatoms. The van der Waals surface area contributed by atoms with Crippen LogP contribution in [-0.4, -0.2) is 24.3 Å². The van der Waals surface area contributed by atoms with Crippen molar-refractivity contribution in [2.24, 2.45) is 0 Å². The zero-order valence-electron chi connectivity index (χ0n) is 9.23. The van der Waals surface area contributed by atoms with Gasteiger partial charge in [0.25, 0.3) is 5.89 Å². The molecule has 0 spiro atoms. The zero-order valence-corrected chi connectivity index (χ0v) is 9.23. The first-order valence-electron chi connectivity index (χ1n) is 4.95. The van der Waals surface area contributed by atoms with Gasteiger partial charge in [-0.25, -0.2) is 0 Å². The lowest BCUT2D eigenvalue weighted by Crippen LogP contribution is -2.06. The first-order chi connectivity index (χ1) is 7.83. The second kappa shape index (κ2) is 4.76. The van der Waals surface area contributed by atoms with Crippen molar-refractivity contribution in [2.45, 2.75) is 6.54 Å². The van der Waals surface area contributed by atoms with Crippen molar-refractivity contribution >= 4 is 0 Å². The summed E-state index contributed by atoms with van der Waals surface area (Å²) in [5.41, 5.74) is 0.885. The van der Waals surface area contributed by atoms with E-state index < -0.39 is 0 Å². The maximum Gasteiger partial charge on any atom is 0.257 e. The van der Waals surface area contributed by atoms with Crippen molar-refractivity contribution in [3.05, 3.63) is 30.1 Å². The smallest absolute Gasteiger partial charge is 0.257 e. The minimum atomic E-state index is 0.521. The second-order valence-corrected chi connectivity index (χ2v) is 3.27. The van der Waals surface area contributed by atoms with Crippen molar-refractivity contribution in [1.82, 2.24) is 15.5 Å². The van der Waals surface area contributed by atoms with Crippen molar-refractivity contribution in [1.29, 1.82) is 0 Å². The van der Waals surface area contributed by atoms with Crippen LogP contribution >= 0.6 is 0 Å². The van der Waals surface area contributed by atoms with Crippen LogP contribution in [0, 0.1) is 0 Å². The van der Waals surface area contributed by atoms with Crippen molar-refractivity contribution in [3.8, 4) is 17.2 Å². The summed E-state index contributed by atoms with van der Waals surface area (Å²) < 4.78 is 10.2. The lowest BCUT2D eigenvalue weighted by atomic mass is 10.2. The Bertz CT molecular complexity index is 451. The molecule has 0 aliphatic heterocycles. The number of nitrogens with zero attached hydrogens (tertiary/aromatic N) is 2. The summed E-state index contributed by atoms with van der Waals surface area (Å²) in [5, 5.41) is 6.81. The van der Waals surface area contributed by atoms with Crippen LogP contribution in [0.3, 0.4) is 0 Å². The highest BCUT2D eigenvalue weighted by Gasteiger charge is 2.07. The van der Waals surface area contributed by atoms with E-state index in [2.05, 4.69) is 15.5 Å². The van der Waals surface area contributed by atoms with Gasteiger partial charge in [-0.3, -0.25) is 0 Å². The van der Waals surface area contributed by atoms with E-state index in [-0.39, 0.29) is 0 Å². The largest absolute Gasteiger partial charge is 0.497 e. The number of benzene rings is 1. The number of methoxy groups -OCH3 is 1. The lowest BCUT2D eigenvalue weighted by Gasteiger charge is -1.98. The molecule has 0 unspecified atom stereocenters. The molecule has 1 heterocycles. The van der Waals surface area contributed by atoms with E-state index >= 15 is 0 Å². The van der Waals surface area contributed by atoms with Gasteiger partial charge in [-0.2, -0.15) is 4.98 Å². The van der Waals surface area contributed by atoms with E-state index in [9.17, 15) is 0 Å². The summed E-state index contributed by atoms with van der Waals surface area (Å²) in [6.45, 7) is 0.597. The molecule has 1 aromatic carbocycles. The molecule has 5 nitrogen and oxygen atoms in total. The van der Waals surface area contributed by atoms with Crippen molar-refractivity contribution in [3.63, 3.8) is 0 Å². The highest BCUT2D eigenvalue weighted by atomic mass is 16.5. The van der Waals surface area contributed by atoms with Gasteiger partial charge in [0, 0.05) is 5.56 Å². The molecule has 2 aromatic rings. The fourth-order valence-corrected chi connectivity index (χ4v) is 1.33. The van der Waals surface area contributed by atoms with E-state index in [1.807, 2.05) is 31.3 Å². The minimum absolute atomic E-state index is 0.521. The van der Waals surface area contributed by atoms with Crippen molar-refractivity contribution in [2.75, 3.05) is 14.2 Å². The Morgan fingerprint density at radius 3 is 2.69 bits per heavy atom. The Labute approximate surface area is 93.4 Å². The average Bonchev–Trinajstić information content (AvgIpc) is 2.78. The average molecular weight is 219 g/mol. The first-order valence-corrected chi connectivity index (χ1v) is 4.95. The van der Waals surface area contributed by atoms with E-state index in [1.165, 1.54) is 0 Å². The number of hydrogen-bond acceptors (Lipinski definition) is 5. The molecule has 0 fully saturated rings. The Morgan fingerprint density at radius 2 is 2.06 bits per heavy atom. The summed E-state index contributed by atoms with van der Waals surface area (Å²) in [6, 6.07) is 7.49. The van der Waals surface area contributed by atoms with Gasteiger partial charge in [-0.15, -0.1) is 0 Å². The normalized spacial score (nSPS) is 10.4. The second-order valence-electron chi connectivity index (χ2n) is 3.27. The summed E-state index contributed by atoms with van der Waals surface area (Å²) in [4.78, 5) is 4.24. The van der Waals surface area contributed by atoms with Crippen LogP contribution in [0.25, 0.3) is 11.5 Å². The highest BCUT2D eigenvalue weighted by molar-refractivity contribution is 5.54. The molecule has 1 aromatic heterocycles. The van der Waals surface area contributed by atoms with Crippen molar-refractivity contribution < 1.29 is 9.26 Å². The number of nitrogens with one attached hydrogen (secondary N) is 1. The van der Waals surface area contributed by atoms with Crippen LogP contribution in [0.1, 0.15) is 5.82 Å². The van der Waals surface area contributed by atoms with Gasteiger partial charge in [-0.05, 0) is 31.3 Å². The van der Waals surface area contributed by atoms with Gasteiger partial charge in [0.05, 0.1) is 13.7 Å². The summed E-state index contributed by atoms with van der Waals surface area (Å²) >= 11 is 0. The molecular formula is C11H13N3O2. The van der Waals surface area contributed by atoms with Gasteiger partial charge in [0.15, 0.2) is 5.82 Å². The molecule has 0 saturated heterocycles. The summed E-state index contributed by atoms with van der Waals surface area (Å²) in [6.07, 6.45) is 0. The first kappa shape index (κ1) is 10.6. The fourth-order valence-electron chi connectivity index (χ4n) is 1.33. The third kappa shape index (κ3) is 2.20. The monoisotopic (exact) mass is 219 g/mol. The molecule has 2 rings (SSSR count). The number of hydrogen-bond donors (Lipinski definition) is 1. The predicted octanol–water partition coefficient (Wildman–Crippen LogP) is 1.46. The molecule has 0 amide bonds. The third-order valence-electron chi connectivity index (χ3n) is 2.14. The van der Waals surface area contributed by atoms with Crippen LogP contribution < -0.4 is 10.1 Å². The van der Waals surface area contributed by atoms with Gasteiger partial charge in [-0.1, -0.05) is 5.16 Å². The highest BCUT2D eigenvalue weighted by Crippen LogP contribution is 2.20. The standard InChI is InChI=1S/C11H13N3O2/c1-12-7-10-13-11(16-14-10)8-3-5-9(15-2)6-4-8/h3-6,12H,7H2,1-2H3. The zero-order chi connectivity index (χ0) is 11.4. The fraction of sp³-hybridized carbons (Fsp3) is 0.273. The van der Waals surface area contributed by atoms with Crippen LogP contribution in [0.4, 0.5) is 0 Å². The Kier molecular flexibility index (Phi) is 3.16. The van der Waals surface area contributed by atoms with E-state index in [1.54, 1.807) is 7.11 Å². The maximum atomic E-state index is 5.13. The van der Waals surface area contributed by atoms with Gasteiger partial charge >= 0.3 is 0 Å². The van der Waals surface area contributed by atoms with Gasteiger partial charge in [0.2, 0.25) is 0 Å². The maximum absolute atomic E-state index is 5.13. The van der Waals surface area contributed by atoms with Crippen LogP contribution in [-0.2, 0) is 6.54 Å². The molecule has 0 atom stereocenters. The molecule has 0 saturated carbocycles.